The molecule has 1 N–H and O–H groups in total. The molecule has 2 aromatic heterocycles. The molecule has 1 fully saturated rings. The number of aromatic amines is 1. The molecule has 32 heavy (non-hydrogen) atoms. The fourth-order valence-electron chi connectivity index (χ4n) is 3.93. The van der Waals surface area contributed by atoms with E-state index in [-0.39, 0.29) is 17.5 Å². The number of fused-ring (bicyclic) bond motifs is 1. The highest BCUT2D eigenvalue weighted by Crippen LogP contribution is 2.42. The molecule has 0 aliphatic heterocycles. The summed E-state index contributed by atoms with van der Waals surface area (Å²) in [5.41, 5.74) is 2.88. The molecule has 2 heterocycles. The summed E-state index contributed by atoms with van der Waals surface area (Å²) in [4.78, 5) is 17.9. The van der Waals surface area contributed by atoms with E-state index in [1.54, 1.807) is 11.0 Å². The summed E-state index contributed by atoms with van der Waals surface area (Å²) in [6, 6.07) is 14.9. The van der Waals surface area contributed by atoms with Gasteiger partial charge in [-0.1, -0.05) is 42.1 Å². The first kappa shape index (κ1) is 20.8. The number of hydrogen-bond donors (Lipinski definition) is 1. The molecule has 1 amide bonds. The van der Waals surface area contributed by atoms with E-state index in [2.05, 4.69) is 25.8 Å². The average Bonchev–Trinajstić information content (AvgIpc) is 3.41. The Hall–Kier alpha value is -3.13. The number of thioether (sulfide) groups is 1. The molecule has 1 saturated carbocycles. The fourth-order valence-corrected chi connectivity index (χ4v) is 4.84. The molecular weight excluding hydrogens is 425 g/mol. The minimum Gasteiger partial charge on any atom is -0.360 e. The molecule has 0 bridgehead atoms. The average molecular weight is 450 g/mol. The van der Waals surface area contributed by atoms with Crippen LogP contribution in [0.5, 0.6) is 0 Å². The van der Waals surface area contributed by atoms with Gasteiger partial charge in [0.25, 0.3) is 0 Å². The zero-order valence-electron chi connectivity index (χ0n) is 17.8. The summed E-state index contributed by atoms with van der Waals surface area (Å²) in [6.07, 6.45) is 4.16. The third-order valence-electron chi connectivity index (χ3n) is 5.73. The molecule has 0 radical (unpaired) electrons. The minimum absolute atomic E-state index is 0.000697. The predicted octanol–water partition coefficient (Wildman–Crippen LogP) is 5.04. The molecule has 0 atom stereocenters. The SMILES string of the molecule is CCN(Cc1cccc(F)c1)C(=O)CSc1nnc(-c2c[nH]c3ccccc23)n1C1CC1. The number of nitrogens with one attached hydrogen (secondary N) is 1. The van der Waals surface area contributed by atoms with Gasteiger partial charge in [-0.25, -0.2) is 4.39 Å². The van der Waals surface area contributed by atoms with Gasteiger partial charge in [0.15, 0.2) is 11.0 Å². The number of nitrogens with zero attached hydrogens (tertiary/aromatic N) is 4. The van der Waals surface area contributed by atoms with Crippen molar-refractivity contribution in [3.63, 3.8) is 0 Å². The molecule has 0 saturated heterocycles. The lowest BCUT2D eigenvalue weighted by molar-refractivity contribution is -0.128. The van der Waals surface area contributed by atoms with Crippen LogP contribution in [0.4, 0.5) is 4.39 Å². The Bertz CT molecular complexity index is 1260. The Kier molecular flexibility index (Phi) is 5.70. The number of carbonyl (C=O) groups excluding carboxylic acids is 1. The van der Waals surface area contributed by atoms with Crippen LogP contribution < -0.4 is 0 Å². The van der Waals surface area contributed by atoms with Gasteiger partial charge in [0, 0.05) is 41.8 Å². The Morgan fingerprint density at radius 2 is 2.06 bits per heavy atom. The Morgan fingerprint density at radius 1 is 1.22 bits per heavy atom. The fraction of sp³-hybridized carbons (Fsp3) is 0.292. The summed E-state index contributed by atoms with van der Waals surface area (Å²) < 4.78 is 15.7. The third kappa shape index (κ3) is 4.14. The first-order valence-corrected chi connectivity index (χ1v) is 11.8. The first-order chi connectivity index (χ1) is 15.6. The van der Waals surface area contributed by atoms with Crippen LogP contribution in [0.3, 0.4) is 0 Å². The van der Waals surface area contributed by atoms with Crippen LogP contribution >= 0.6 is 11.8 Å². The van der Waals surface area contributed by atoms with Crippen molar-refractivity contribution in [3.8, 4) is 11.4 Å². The van der Waals surface area contributed by atoms with Crippen LogP contribution in [0, 0.1) is 5.82 Å². The van der Waals surface area contributed by atoms with Crippen molar-refractivity contribution in [1.82, 2.24) is 24.6 Å². The van der Waals surface area contributed by atoms with Crippen LogP contribution in [-0.2, 0) is 11.3 Å². The van der Waals surface area contributed by atoms with E-state index in [1.165, 1.54) is 23.9 Å². The minimum atomic E-state index is -0.289. The van der Waals surface area contributed by atoms with Crippen LogP contribution in [0.15, 0.2) is 59.9 Å². The van der Waals surface area contributed by atoms with Crippen molar-refractivity contribution >= 4 is 28.6 Å². The summed E-state index contributed by atoms with van der Waals surface area (Å²) >= 11 is 1.42. The van der Waals surface area contributed by atoms with E-state index in [0.717, 1.165) is 45.9 Å². The summed E-state index contributed by atoms with van der Waals surface area (Å²) in [5.74, 6) is 0.817. The number of carbonyl (C=O) groups is 1. The lowest BCUT2D eigenvalue weighted by atomic mass is 10.1. The maximum Gasteiger partial charge on any atom is 0.233 e. The van der Waals surface area contributed by atoms with Gasteiger partial charge in [-0.15, -0.1) is 10.2 Å². The lowest BCUT2D eigenvalue weighted by Gasteiger charge is -2.21. The molecule has 4 aromatic rings. The number of rotatable bonds is 8. The van der Waals surface area contributed by atoms with Gasteiger partial charge in [0.2, 0.25) is 5.91 Å². The summed E-state index contributed by atoms with van der Waals surface area (Å²) in [7, 11) is 0. The Morgan fingerprint density at radius 3 is 2.84 bits per heavy atom. The third-order valence-corrected chi connectivity index (χ3v) is 6.66. The van der Waals surface area contributed by atoms with Gasteiger partial charge < -0.3 is 9.88 Å². The highest BCUT2D eigenvalue weighted by atomic mass is 32.2. The molecular formula is C24H24FN5OS. The molecule has 1 aliphatic carbocycles. The van der Waals surface area contributed by atoms with E-state index >= 15 is 0 Å². The van der Waals surface area contributed by atoms with Crippen molar-refractivity contribution in [1.29, 1.82) is 0 Å². The van der Waals surface area contributed by atoms with E-state index in [0.29, 0.717) is 19.1 Å². The lowest BCUT2D eigenvalue weighted by Crippen LogP contribution is -2.31. The number of amides is 1. The summed E-state index contributed by atoms with van der Waals surface area (Å²) in [5, 5.41) is 10.8. The van der Waals surface area contributed by atoms with E-state index in [4.69, 9.17) is 0 Å². The molecule has 164 valence electrons. The van der Waals surface area contributed by atoms with Crippen molar-refractivity contribution in [3.05, 3.63) is 66.1 Å². The highest BCUT2D eigenvalue weighted by molar-refractivity contribution is 7.99. The number of para-hydroxylation sites is 1. The van der Waals surface area contributed by atoms with Crippen molar-refractivity contribution in [2.24, 2.45) is 0 Å². The zero-order valence-corrected chi connectivity index (χ0v) is 18.6. The maximum absolute atomic E-state index is 13.5. The van der Waals surface area contributed by atoms with Gasteiger partial charge in [0.1, 0.15) is 5.82 Å². The van der Waals surface area contributed by atoms with Crippen molar-refractivity contribution in [2.75, 3.05) is 12.3 Å². The number of hydrogen-bond acceptors (Lipinski definition) is 4. The van der Waals surface area contributed by atoms with Gasteiger partial charge in [-0.05, 0) is 43.5 Å². The van der Waals surface area contributed by atoms with E-state index in [1.807, 2.05) is 37.4 Å². The largest absolute Gasteiger partial charge is 0.360 e. The summed E-state index contributed by atoms with van der Waals surface area (Å²) in [6.45, 7) is 2.89. The highest BCUT2D eigenvalue weighted by Gasteiger charge is 2.31. The maximum atomic E-state index is 13.5. The van der Waals surface area contributed by atoms with Gasteiger partial charge in [0.05, 0.1) is 5.75 Å². The molecule has 0 unspecified atom stereocenters. The Labute approximate surface area is 189 Å². The van der Waals surface area contributed by atoms with Gasteiger partial charge in [-0.3, -0.25) is 9.36 Å². The quantitative estimate of drug-likeness (QED) is 0.383. The molecule has 5 rings (SSSR count). The van der Waals surface area contributed by atoms with Crippen LogP contribution in [0.2, 0.25) is 0 Å². The van der Waals surface area contributed by atoms with Crippen LogP contribution in [0.1, 0.15) is 31.4 Å². The predicted molar refractivity (Wildman–Crippen MR) is 124 cm³/mol. The van der Waals surface area contributed by atoms with Crippen LogP contribution in [-0.4, -0.2) is 42.9 Å². The monoisotopic (exact) mass is 449 g/mol. The first-order valence-electron chi connectivity index (χ1n) is 10.8. The molecule has 0 spiro atoms. The van der Waals surface area contributed by atoms with E-state index < -0.39 is 0 Å². The smallest absolute Gasteiger partial charge is 0.233 e. The molecule has 1 aliphatic rings. The van der Waals surface area contributed by atoms with Gasteiger partial charge >= 0.3 is 0 Å². The van der Waals surface area contributed by atoms with E-state index in [9.17, 15) is 9.18 Å². The Balaban J connectivity index is 1.34. The van der Waals surface area contributed by atoms with Crippen LogP contribution in [0.25, 0.3) is 22.3 Å². The number of benzene rings is 2. The second-order valence-corrected chi connectivity index (χ2v) is 8.92. The molecule has 2 aromatic carbocycles. The standard InChI is InChI=1S/C24H24FN5OS/c1-2-29(14-16-6-5-7-17(25)12-16)22(31)15-32-24-28-27-23(30(24)18-10-11-18)20-13-26-21-9-4-3-8-19(20)21/h3-9,12-13,18,26H,2,10-11,14-15H2,1H3. The molecule has 6 nitrogen and oxygen atoms in total. The second kappa shape index (κ2) is 8.78. The normalized spacial score (nSPS) is 13.6. The van der Waals surface area contributed by atoms with Crippen molar-refractivity contribution in [2.45, 2.75) is 37.5 Å². The number of H-pyrrole nitrogens is 1. The molecule has 8 heteroatoms. The number of halogens is 1. The number of aromatic nitrogens is 4. The second-order valence-electron chi connectivity index (χ2n) is 7.98. The topological polar surface area (TPSA) is 66.8 Å². The van der Waals surface area contributed by atoms with Gasteiger partial charge in [-0.2, -0.15) is 0 Å². The van der Waals surface area contributed by atoms with Crippen molar-refractivity contribution < 1.29 is 9.18 Å². The zero-order chi connectivity index (χ0) is 22.1.